The molecule has 1 amide bonds. The molecule has 6 nitrogen and oxygen atoms in total. The number of hydrogen-bond acceptors (Lipinski definition) is 4. The number of H-pyrrole nitrogens is 1. The first-order chi connectivity index (χ1) is 12.1. The quantitative estimate of drug-likeness (QED) is 0.723. The molecule has 0 spiro atoms. The lowest BCUT2D eigenvalue weighted by atomic mass is 10.1. The average molecular weight is 340 g/mol. The molecule has 25 heavy (non-hydrogen) atoms. The van der Waals surface area contributed by atoms with E-state index in [4.69, 9.17) is 4.74 Å². The first-order valence-corrected chi connectivity index (χ1v) is 7.71. The van der Waals surface area contributed by atoms with Crippen LogP contribution in [0.25, 0.3) is 0 Å². The highest BCUT2D eigenvalue weighted by molar-refractivity contribution is 5.93. The standard InChI is InChI=1S/C18H17FN4O2/c1-25-15-5-3-2-4-14(15)20-18(24)11-17-21-16(22-23-17)10-12-6-8-13(19)9-7-12/h2-9H,10-11H2,1H3,(H,20,24)(H,21,22,23). The minimum atomic E-state index is -0.282. The smallest absolute Gasteiger partial charge is 0.232 e. The molecule has 0 unspecified atom stereocenters. The number of amides is 1. The second-order valence-corrected chi connectivity index (χ2v) is 5.43. The Morgan fingerprint density at radius 3 is 2.72 bits per heavy atom. The number of nitrogens with zero attached hydrogens (tertiary/aromatic N) is 2. The molecule has 0 aliphatic rings. The summed E-state index contributed by atoms with van der Waals surface area (Å²) in [6.07, 6.45) is 0.527. The van der Waals surface area contributed by atoms with Crippen LogP contribution in [0.15, 0.2) is 48.5 Å². The highest BCUT2D eigenvalue weighted by atomic mass is 19.1. The van der Waals surface area contributed by atoms with Gasteiger partial charge in [-0.15, -0.1) is 0 Å². The highest BCUT2D eigenvalue weighted by Gasteiger charge is 2.11. The number of carbonyl (C=O) groups is 1. The van der Waals surface area contributed by atoms with Gasteiger partial charge in [0.05, 0.1) is 19.2 Å². The summed E-state index contributed by atoms with van der Waals surface area (Å²) in [6, 6.07) is 13.3. The lowest BCUT2D eigenvalue weighted by molar-refractivity contribution is -0.115. The van der Waals surface area contributed by atoms with Crippen molar-refractivity contribution in [3.05, 3.63) is 71.6 Å². The van der Waals surface area contributed by atoms with E-state index in [2.05, 4.69) is 20.5 Å². The van der Waals surface area contributed by atoms with E-state index in [0.29, 0.717) is 29.5 Å². The predicted molar refractivity (Wildman–Crippen MR) is 90.9 cm³/mol. The number of halogens is 1. The SMILES string of the molecule is COc1ccccc1NC(=O)Cc1n[nH]c(Cc2ccc(F)cc2)n1. The molecule has 0 saturated heterocycles. The van der Waals surface area contributed by atoms with Crippen molar-refractivity contribution in [2.75, 3.05) is 12.4 Å². The molecule has 128 valence electrons. The zero-order valence-electron chi connectivity index (χ0n) is 13.6. The second-order valence-electron chi connectivity index (χ2n) is 5.43. The van der Waals surface area contributed by atoms with Crippen molar-refractivity contribution in [1.29, 1.82) is 0 Å². The summed E-state index contributed by atoms with van der Waals surface area (Å²) >= 11 is 0. The minimum Gasteiger partial charge on any atom is -0.495 e. The van der Waals surface area contributed by atoms with Crippen molar-refractivity contribution in [1.82, 2.24) is 15.2 Å². The monoisotopic (exact) mass is 340 g/mol. The predicted octanol–water partition coefficient (Wildman–Crippen LogP) is 2.72. The number of aromatic amines is 1. The van der Waals surface area contributed by atoms with Gasteiger partial charge in [-0.1, -0.05) is 24.3 Å². The lowest BCUT2D eigenvalue weighted by Gasteiger charge is -2.08. The minimum absolute atomic E-state index is 0.0396. The van der Waals surface area contributed by atoms with E-state index in [1.807, 2.05) is 12.1 Å². The Hall–Kier alpha value is -3.22. The topological polar surface area (TPSA) is 79.9 Å². The van der Waals surface area contributed by atoms with E-state index in [0.717, 1.165) is 5.56 Å². The van der Waals surface area contributed by atoms with Crippen LogP contribution in [0, 0.1) is 5.82 Å². The Morgan fingerprint density at radius 2 is 1.96 bits per heavy atom. The number of carbonyl (C=O) groups excluding carboxylic acids is 1. The van der Waals surface area contributed by atoms with Crippen molar-refractivity contribution < 1.29 is 13.9 Å². The van der Waals surface area contributed by atoms with E-state index >= 15 is 0 Å². The maximum Gasteiger partial charge on any atom is 0.232 e. The van der Waals surface area contributed by atoms with Gasteiger partial charge >= 0.3 is 0 Å². The number of ether oxygens (including phenoxy) is 1. The van der Waals surface area contributed by atoms with Crippen molar-refractivity contribution >= 4 is 11.6 Å². The molecular formula is C18H17FN4O2. The van der Waals surface area contributed by atoms with Crippen LogP contribution in [0.1, 0.15) is 17.2 Å². The molecule has 0 saturated carbocycles. The van der Waals surface area contributed by atoms with Gasteiger partial charge < -0.3 is 10.1 Å². The molecule has 0 atom stereocenters. The Labute approximate surface area is 144 Å². The maximum atomic E-state index is 12.9. The normalized spacial score (nSPS) is 10.5. The number of methoxy groups -OCH3 is 1. The number of aromatic nitrogens is 3. The van der Waals surface area contributed by atoms with E-state index in [-0.39, 0.29) is 18.1 Å². The summed E-state index contributed by atoms with van der Waals surface area (Å²) in [4.78, 5) is 16.5. The zero-order chi connectivity index (χ0) is 17.6. The highest BCUT2D eigenvalue weighted by Crippen LogP contribution is 2.23. The molecule has 3 rings (SSSR count). The second kappa shape index (κ2) is 7.57. The third kappa shape index (κ3) is 4.41. The van der Waals surface area contributed by atoms with Crippen molar-refractivity contribution in [2.45, 2.75) is 12.8 Å². The van der Waals surface area contributed by atoms with Crippen LogP contribution in [0.3, 0.4) is 0 Å². The Morgan fingerprint density at radius 1 is 1.20 bits per heavy atom. The van der Waals surface area contributed by atoms with Crippen LogP contribution in [0.2, 0.25) is 0 Å². The molecule has 0 aliphatic carbocycles. The zero-order valence-corrected chi connectivity index (χ0v) is 13.6. The van der Waals surface area contributed by atoms with Gasteiger partial charge in [-0.05, 0) is 29.8 Å². The van der Waals surface area contributed by atoms with E-state index in [1.54, 1.807) is 31.4 Å². The molecule has 0 radical (unpaired) electrons. The molecule has 0 bridgehead atoms. The van der Waals surface area contributed by atoms with Gasteiger partial charge in [-0.3, -0.25) is 9.89 Å². The van der Waals surface area contributed by atoms with Crippen LogP contribution in [-0.4, -0.2) is 28.2 Å². The Kier molecular flexibility index (Phi) is 5.03. The number of nitrogens with one attached hydrogen (secondary N) is 2. The summed E-state index contributed by atoms with van der Waals surface area (Å²) in [7, 11) is 1.54. The maximum absolute atomic E-state index is 12.9. The van der Waals surface area contributed by atoms with Gasteiger partial charge in [0.1, 0.15) is 17.4 Å². The molecule has 1 heterocycles. The van der Waals surface area contributed by atoms with Gasteiger partial charge in [-0.2, -0.15) is 5.10 Å². The fourth-order valence-corrected chi connectivity index (χ4v) is 2.37. The fraction of sp³-hybridized carbons (Fsp3) is 0.167. The van der Waals surface area contributed by atoms with E-state index in [1.165, 1.54) is 12.1 Å². The van der Waals surface area contributed by atoms with Crippen LogP contribution < -0.4 is 10.1 Å². The molecule has 0 aliphatic heterocycles. The molecule has 3 aromatic rings. The number of anilines is 1. The summed E-state index contributed by atoms with van der Waals surface area (Å²) in [5, 5.41) is 9.63. The molecule has 2 aromatic carbocycles. The van der Waals surface area contributed by atoms with Crippen LogP contribution in [0.4, 0.5) is 10.1 Å². The molecule has 7 heteroatoms. The van der Waals surface area contributed by atoms with E-state index < -0.39 is 0 Å². The Balaban J connectivity index is 1.61. The molecule has 0 fully saturated rings. The summed E-state index contributed by atoms with van der Waals surface area (Å²) in [5.41, 5.74) is 1.50. The summed E-state index contributed by atoms with van der Waals surface area (Å²) in [5.74, 6) is 1.07. The third-order valence-corrected chi connectivity index (χ3v) is 3.56. The molecular weight excluding hydrogens is 323 g/mol. The average Bonchev–Trinajstić information content (AvgIpc) is 3.04. The molecule has 1 aromatic heterocycles. The third-order valence-electron chi connectivity index (χ3n) is 3.56. The summed E-state index contributed by atoms with van der Waals surface area (Å²) < 4.78 is 18.1. The van der Waals surface area contributed by atoms with Crippen LogP contribution in [0.5, 0.6) is 5.75 Å². The Bertz CT molecular complexity index is 862. The molecule has 2 N–H and O–H groups in total. The fourth-order valence-electron chi connectivity index (χ4n) is 2.37. The van der Waals surface area contributed by atoms with Crippen molar-refractivity contribution in [3.63, 3.8) is 0 Å². The number of hydrogen-bond donors (Lipinski definition) is 2. The van der Waals surface area contributed by atoms with Gasteiger partial charge in [0, 0.05) is 6.42 Å². The van der Waals surface area contributed by atoms with Crippen LogP contribution in [-0.2, 0) is 17.6 Å². The first-order valence-electron chi connectivity index (χ1n) is 7.71. The van der Waals surface area contributed by atoms with Crippen molar-refractivity contribution in [2.24, 2.45) is 0 Å². The van der Waals surface area contributed by atoms with Crippen molar-refractivity contribution in [3.8, 4) is 5.75 Å². The summed E-state index contributed by atoms with van der Waals surface area (Å²) in [6.45, 7) is 0. The lowest BCUT2D eigenvalue weighted by Crippen LogP contribution is -2.15. The first kappa shape index (κ1) is 16.6. The number of rotatable bonds is 6. The van der Waals surface area contributed by atoms with E-state index in [9.17, 15) is 9.18 Å². The number of para-hydroxylation sites is 2. The van der Waals surface area contributed by atoms with Gasteiger partial charge in [-0.25, -0.2) is 9.37 Å². The van der Waals surface area contributed by atoms with Gasteiger partial charge in [0.25, 0.3) is 0 Å². The van der Waals surface area contributed by atoms with Gasteiger partial charge in [0.2, 0.25) is 5.91 Å². The van der Waals surface area contributed by atoms with Crippen LogP contribution >= 0.6 is 0 Å². The number of benzene rings is 2. The van der Waals surface area contributed by atoms with Gasteiger partial charge in [0.15, 0.2) is 5.82 Å². The largest absolute Gasteiger partial charge is 0.495 e.